The molecule has 2 aliphatic rings. The van der Waals surface area contributed by atoms with Crippen LogP contribution in [0.2, 0.25) is 0 Å². The second-order valence-electron chi connectivity index (χ2n) is 5.99. The Hall–Kier alpha value is -2.34. The van der Waals surface area contributed by atoms with Gasteiger partial charge in [-0.15, -0.1) is 0 Å². The van der Waals surface area contributed by atoms with Gasteiger partial charge >= 0.3 is 0 Å². The Bertz CT molecular complexity index is 714. The van der Waals surface area contributed by atoms with Crippen LogP contribution in [0.5, 0.6) is 5.75 Å². The summed E-state index contributed by atoms with van der Waals surface area (Å²) in [7, 11) is 0. The lowest BCUT2D eigenvalue weighted by Crippen LogP contribution is -2.09. The second-order valence-corrected chi connectivity index (χ2v) is 5.99. The van der Waals surface area contributed by atoms with Gasteiger partial charge in [-0.1, -0.05) is 12.1 Å². The minimum Gasteiger partial charge on any atom is -0.493 e. The van der Waals surface area contributed by atoms with Crippen molar-refractivity contribution in [2.75, 3.05) is 30.9 Å². The van der Waals surface area contributed by atoms with E-state index in [1.807, 2.05) is 12.1 Å². The van der Waals surface area contributed by atoms with E-state index in [4.69, 9.17) is 15.2 Å². The number of hydrogen-bond donors (Lipinski definition) is 2. The van der Waals surface area contributed by atoms with E-state index in [1.54, 1.807) is 0 Å². The molecule has 2 aliphatic heterocycles. The third-order valence-electron chi connectivity index (χ3n) is 4.34. The number of ether oxygens (including phenoxy) is 2. The summed E-state index contributed by atoms with van der Waals surface area (Å²) >= 11 is 0. The monoisotopic (exact) mass is 312 g/mol. The number of nitrogen functional groups attached to an aromatic ring is 1. The fourth-order valence-corrected chi connectivity index (χ4v) is 3.10. The van der Waals surface area contributed by atoms with Crippen LogP contribution >= 0.6 is 0 Å². The first-order valence-corrected chi connectivity index (χ1v) is 7.98. The number of nitrogens with zero attached hydrogens (tertiary/aromatic N) is 2. The Morgan fingerprint density at radius 1 is 1.22 bits per heavy atom. The van der Waals surface area contributed by atoms with E-state index in [0.29, 0.717) is 25.0 Å². The molecule has 0 saturated carbocycles. The summed E-state index contributed by atoms with van der Waals surface area (Å²) in [5.74, 6) is 2.39. The highest BCUT2D eigenvalue weighted by molar-refractivity contribution is 5.44. The van der Waals surface area contributed by atoms with Crippen LogP contribution in [0, 0.1) is 0 Å². The van der Waals surface area contributed by atoms with Gasteiger partial charge in [-0.05, 0) is 23.6 Å². The van der Waals surface area contributed by atoms with Crippen molar-refractivity contribution in [3.8, 4) is 5.75 Å². The molecule has 120 valence electrons. The van der Waals surface area contributed by atoms with Crippen LogP contribution < -0.4 is 15.8 Å². The lowest BCUT2D eigenvalue weighted by molar-refractivity contribution is 0.193. The Balaban J connectivity index is 1.48. The Morgan fingerprint density at radius 3 is 3.04 bits per heavy atom. The number of nitrogens with two attached hydrogens (primary N) is 1. The number of anilines is 2. The minimum absolute atomic E-state index is 0.305. The molecule has 0 spiro atoms. The number of rotatable bonds is 4. The Labute approximate surface area is 135 Å². The molecule has 2 aromatic rings. The highest BCUT2D eigenvalue weighted by Crippen LogP contribution is 2.27. The molecule has 3 heterocycles. The van der Waals surface area contributed by atoms with Gasteiger partial charge in [-0.2, -0.15) is 4.98 Å². The summed E-state index contributed by atoms with van der Waals surface area (Å²) in [5, 5.41) is 3.34. The molecule has 0 radical (unpaired) electrons. The highest BCUT2D eigenvalue weighted by Gasteiger charge is 2.20. The standard InChI is InChI=1S/C17H20N4O2/c18-17-20-14(13-3-5-22-10-13)8-16(21-17)19-9-11-1-2-15-12(7-11)4-6-23-15/h1-2,7-8,13H,3-6,9-10H2,(H3,18,19,20,21)/t13-/m0/s1. The SMILES string of the molecule is Nc1nc(NCc2ccc3c(c2)CCO3)cc([C@H]2CCOC2)n1. The topological polar surface area (TPSA) is 82.3 Å². The van der Waals surface area contributed by atoms with Crippen LogP contribution in [0.25, 0.3) is 0 Å². The van der Waals surface area contributed by atoms with Crippen molar-refractivity contribution in [1.82, 2.24) is 9.97 Å². The summed E-state index contributed by atoms with van der Waals surface area (Å²) in [5.41, 5.74) is 9.29. The van der Waals surface area contributed by atoms with Crippen molar-refractivity contribution in [3.05, 3.63) is 41.1 Å². The van der Waals surface area contributed by atoms with E-state index >= 15 is 0 Å². The van der Waals surface area contributed by atoms with Crippen LogP contribution in [0.4, 0.5) is 11.8 Å². The normalized spacial score (nSPS) is 19.4. The second kappa shape index (κ2) is 6.04. The summed E-state index contributed by atoms with van der Waals surface area (Å²) in [4.78, 5) is 8.63. The number of nitrogens with one attached hydrogen (secondary N) is 1. The van der Waals surface area contributed by atoms with Crippen LogP contribution in [0.15, 0.2) is 24.3 Å². The van der Waals surface area contributed by atoms with Gasteiger partial charge in [-0.3, -0.25) is 0 Å². The van der Waals surface area contributed by atoms with E-state index in [2.05, 4.69) is 27.4 Å². The molecular weight excluding hydrogens is 292 g/mol. The van der Waals surface area contributed by atoms with Crippen molar-refractivity contribution in [2.45, 2.75) is 25.3 Å². The van der Waals surface area contributed by atoms with Gasteiger partial charge in [-0.25, -0.2) is 4.98 Å². The molecule has 1 saturated heterocycles. The average molecular weight is 312 g/mol. The van der Waals surface area contributed by atoms with Crippen molar-refractivity contribution in [3.63, 3.8) is 0 Å². The Kier molecular flexibility index (Phi) is 3.75. The predicted octanol–water partition coefficient (Wildman–Crippen LogP) is 2.11. The molecule has 0 bridgehead atoms. The molecule has 4 rings (SSSR count). The van der Waals surface area contributed by atoms with Crippen molar-refractivity contribution in [1.29, 1.82) is 0 Å². The van der Waals surface area contributed by atoms with Gasteiger partial charge in [0.15, 0.2) is 0 Å². The quantitative estimate of drug-likeness (QED) is 0.900. The lowest BCUT2D eigenvalue weighted by Gasteiger charge is -2.12. The first kappa shape index (κ1) is 14.3. The number of fused-ring (bicyclic) bond motifs is 1. The van der Waals surface area contributed by atoms with Crippen LogP contribution in [-0.2, 0) is 17.7 Å². The van der Waals surface area contributed by atoms with Gasteiger partial charge in [0.2, 0.25) is 5.95 Å². The molecule has 6 heteroatoms. The van der Waals surface area contributed by atoms with E-state index < -0.39 is 0 Å². The van der Waals surface area contributed by atoms with Crippen LogP contribution in [0.3, 0.4) is 0 Å². The molecule has 0 aliphatic carbocycles. The van der Waals surface area contributed by atoms with Gasteiger partial charge in [0.25, 0.3) is 0 Å². The highest BCUT2D eigenvalue weighted by atomic mass is 16.5. The van der Waals surface area contributed by atoms with Crippen molar-refractivity contribution >= 4 is 11.8 Å². The van der Waals surface area contributed by atoms with Crippen molar-refractivity contribution < 1.29 is 9.47 Å². The third-order valence-corrected chi connectivity index (χ3v) is 4.34. The predicted molar refractivity (Wildman–Crippen MR) is 87.6 cm³/mol. The summed E-state index contributed by atoms with van der Waals surface area (Å²) in [6.45, 7) is 2.97. The van der Waals surface area contributed by atoms with Gasteiger partial charge < -0.3 is 20.5 Å². The molecule has 0 unspecified atom stereocenters. The molecule has 1 fully saturated rings. The zero-order chi connectivity index (χ0) is 15.6. The first-order chi connectivity index (χ1) is 11.3. The van der Waals surface area contributed by atoms with E-state index in [1.165, 1.54) is 11.1 Å². The zero-order valence-electron chi connectivity index (χ0n) is 12.9. The summed E-state index contributed by atoms with van der Waals surface area (Å²) in [6, 6.07) is 8.28. The summed E-state index contributed by atoms with van der Waals surface area (Å²) in [6.07, 6.45) is 1.97. The lowest BCUT2D eigenvalue weighted by atomic mass is 10.0. The molecule has 6 nitrogen and oxygen atoms in total. The van der Waals surface area contributed by atoms with Crippen LogP contribution in [0.1, 0.15) is 29.2 Å². The van der Waals surface area contributed by atoms with E-state index in [0.717, 1.165) is 43.3 Å². The van der Waals surface area contributed by atoms with E-state index in [-0.39, 0.29) is 0 Å². The fraction of sp³-hybridized carbons (Fsp3) is 0.412. The number of hydrogen-bond acceptors (Lipinski definition) is 6. The maximum atomic E-state index is 5.85. The molecule has 3 N–H and O–H groups in total. The average Bonchev–Trinajstić information content (AvgIpc) is 3.23. The van der Waals surface area contributed by atoms with E-state index in [9.17, 15) is 0 Å². The van der Waals surface area contributed by atoms with Crippen LogP contribution in [-0.4, -0.2) is 29.8 Å². The fourth-order valence-electron chi connectivity index (χ4n) is 3.10. The maximum absolute atomic E-state index is 5.85. The molecule has 0 amide bonds. The smallest absolute Gasteiger partial charge is 0.222 e. The number of aromatic nitrogens is 2. The molecule has 1 aromatic carbocycles. The zero-order valence-corrected chi connectivity index (χ0v) is 12.9. The molecule has 1 atom stereocenters. The largest absolute Gasteiger partial charge is 0.493 e. The minimum atomic E-state index is 0.305. The van der Waals surface area contributed by atoms with Gasteiger partial charge in [0, 0.05) is 31.6 Å². The van der Waals surface area contributed by atoms with Crippen molar-refractivity contribution in [2.24, 2.45) is 0 Å². The molecule has 23 heavy (non-hydrogen) atoms. The maximum Gasteiger partial charge on any atom is 0.222 e. The molecular formula is C17H20N4O2. The summed E-state index contributed by atoms with van der Waals surface area (Å²) < 4.78 is 11.0. The Morgan fingerprint density at radius 2 is 2.17 bits per heavy atom. The number of benzene rings is 1. The first-order valence-electron chi connectivity index (χ1n) is 7.98. The van der Waals surface area contributed by atoms with Gasteiger partial charge in [0.1, 0.15) is 11.6 Å². The third kappa shape index (κ3) is 3.07. The molecule has 1 aromatic heterocycles. The van der Waals surface area contributed by atoms with Gasteiger partial charge in [0.05, 0.1) is 18.9 Å².